The molecule has 0 aromatic heterocycles. The van der Waals surface area contributed by atoms with Crippen molar-refractivity contribution in [3.8, 4) is 0 Å². The van der Waals surface area contributed by atoms with E-state index in [9.17, 15) is 0 Å². The summed E-state index contributed by atoms with van der Waals surface area (Å²) in [5, 5.41) is 3.97. The Balaban J connectivity index is 2.09. The molecule has 0 aliphatic rings. The molecule has 0 saturated carbocycles. The molecule has 0 atom stereocenters. The van der Waals surface area contributed by atoms with Crippen LogP contribution >= 0.6 is 11.6 Å². The van der Waals surface area contributed by atoms with Crippen LogP contribution < -0.4 is 11.1 Å². The van der Waals surface area contributed by atoms with E-state index < -0.39 is 0 Å². The molecule has 0 radical (unpaired) electrons. The van der Waals surface area contributed by atoms with Gasteiger partial charge in [0.2, 0.25) is 0 Å². The van der Waals surface area contributed by atoms with Crippen LogP contribution in [-0.4, -0.2) is 0 Å². The van der Waals surface area contributed by atoms with E-state index in [4.69, 9.17) is 17.3 Å². The fourth-order valence-electron chi connectivity index (χ4n) is 1.70. The number of rotatable bonds is 3. The molecule has 0 spiro atoms. The van der Waals surface area contributed by atoms with E-state index in [-0.39, 0.29) is 0 Å². The summed E-state index contributed by atoms with van der Waals surface area (Å²) in [5.74, 6) is 0. The monoisotopic (exact) mass is 246 g/mol. The highest BCUT2D eigenvalue weighted by Gasteiger charge is 2.00. The van der Waals surface area contributed by atoms with Crippen molar-refractivity contribution in [3.05, 3.63) is 58.6 Å². The van der Waals surface area contributed by atoms with E-state index >= 15 is 0 Å². The lowest BCUT2D eigenvalue weighted by molar-refractivity contribution is 1.14. The first kappa shape index (κ1) is 11.8. The van der Waals surface area contributed by atoms with Crippen LogP contribution in [0.25, 0.3) is 0 Å². The molecule has 2 aromatic carbocycles. The molecule has 0 heterocycles. The van der Waals surface area contributed by atoms with Gasteiger partial charge in [-0.25, -0.2) is 0 Å². The number of halogens is 1. The van der Waals surface area contributed by atoms with Gasteiger partial charge in [-0.15, -0.1) is 0 Å². The molecule has 88 valence electrons. The quantitative estimate of drug-likeness (QED) is 0.808. The van der Waals surface area contributed by atoms with E-state index in [2.05, 4.69) is 30.4 Å². The van der Waals surface area contributed by atoms with E-state index in [1.165, 1.54) is 11.1 Å². The number of benzene rings is 2. The van der Waals surface area contributed by atoms with Gasteiger partial charge < -0.3 is 11.1 Å². The van der Waals surface area contributed by atoms with Crippen molar-refractivity contribution in [1.29, 1.82) is 0 Å². The number of nitrogen functional groups attached to an aromatic ring is 1. The number of nitrogens with two attached hydrogens (primary N) is 1. The maximum absolute atomic E-state index is 6.08. The Kier molecular flexibility index (Phi) is 3.55. The predicted octanol–water partition coefficient (Wildman–Crippen LogP) is 3.84. The van der Waals surface area contributed by atoms with Crippen molar-refractivity contribution in [2.24, 2.45) is 0 Å². The maximum atomic E-state index is 6.08. The molecule has 17 heavy (non-hydrogen) atoms. The molecular weight excluding hydrogens is 232 g/mol. The summed E-state index contributed by atoms with van der Waals surface area (Å²) >= 11 is 6.08. The van der Waals surface area contributed by atoms with Gasteiger partial charge in [-0.3, -0.25) is 0 Å². The Hall–Kier alpha value is -1.67. The third-order valence-electron chi connectivity index (χ3n) is 2.56. The Morgan fingerprint density at radius 2 is 2.00 bits per heavy atom. The molecule has 2 nitrogen and oxygen atoms in total. The van der Waals surface area contributed by atoms with Gasteiger partial charge in [0.15, 0.2) is 0 Å². The Labute approximate surface area is 106 Å². The highest BCUT2D eigenvalue weighted by atomic mass is 35.5. The average molecular weight is 247 g/mol. The van der Waals surface area contributed by atoms with Gasteiger partial charge in [0.05, 0.1) is 10.7 Å². The first-order valence-corrected chi connectivity index (χ1v) is 5.87. The molecule has 0 aliphatic heterocycles. The van der Waals surface area contributed by atoms with E-state index in [0.29, 0.717) is 10.7 Å². The van der Waals surface area contributed by atoms with Crippen LogP contribution in [0.4, 0.5) is 11.4 Å². The summed E-state index contributed by atoms with van der Waals surface area (Å²) in [6.07, 6.45) is 0. The standard InChI is InChI=1S/C14H15ClN2/c1-10-3-2-4-11(7-10)9-17-14-8-12(16)5-6-13(14)15/h2-8,17H,9,16H2,1H3. The van der Waals surface area contributed by atoms with Crippen LogP contribution in [0.1, 0.15) is 11.1 Å². The lowest BCUT2D eigenvalue weighted by Gasteiger charge is -2.09. The zero-order chi connectivity index (χ0) is 12.3. The molecule has 0 unspecified atom stereocenters. The molecule has 0 saturated heterocycles. The smallest absolute Gasteiger partial charge is 0.0639 e. The molecule has 0 bridgehead atoms. The Bertz CT molecular complexity index is 523. The fourth-order valence-corrected chi connectivity index (χ4v) is 1.88. The first-order valence-electron chi connectivity index (χ1n) is 5.49. The van der Waals surface area contributed by atoms with Crippen molar-refractivity contribution in [2.45, 2.75) is 13.5 Å². The second kappa shape index (κ2) is 5.11. The summed E-state index contributed by atoms with van der Waals surface area (Å²) < 4.78 is 0. The summed E-state index contributed by atoms with van der Waals surface area (Å²) in [7, 11) is 0. The molecule has 3 heteroatoms. The second-order valence-electron chi connectivity index (χ2n) is 4.08. The zero-order valence-electron chi connectivity index (χ0n) is 9.70. The van der Waals surface area contributed by atoms with Crippen LogP contribution in [0.3, 0.4) is 0 Å². The molecule has 2 aromatic rings. The number of nitrogens with one attached hydrogen (secondary N) is 1. The van der Waals surface area contributed by atoms with Gasteiger partial charge in [0, 0.05) is 12.2 Å². The van der Waals surface area contributed by atoms with E-state index in [1.807, 2.05) is 12.1 Å². The minimum atomic E-state index is 0.687. The maximum Gasteiger partial charge on any atom is 0.0639 e. The average Bonchev–Trinajstić information content (AvgIpc) is 2.30. The van der Waals surface area contributed by atoms with Gasteiger partial charge in [0.1, 0.15) is 0 Å². The van der Waals surface area contributed by atoms with Gasteiger partial charge >= 0.3 is 0 Å². The van der Waals surface area contributed by atoms with E-state index in [0.717, 1.165) is 12.2 Å². The Morgan fingerprint density at radius 3 is 2.76 bits per heavy atom. The van der Waals surface area contributed by atoms with Gasteiger partial charge in [-0.2, -0.15) is 0 Å². The van der Waals surface area contributed by atoms with Crippen molar-refractivity contribution in [3.63, 3.8) is 0 Å². The fraction of sp³-hybridized carbons (Fsp3) is 0.143. The van der Waals surface area contributed by atoms with Crippen LogP contribution in [0.15, 0.2) is 42.5 Å². The van der Waals surface area contributed by atoms with Crippen LogP contribution in [-0.2, 0) is 6.54 Å². The third kappa shape index (κ3) is 3.14. The highest BCUT2D eigenvalue weighted by molar-refractivity contribution is 6.33. The first-order chi connectivity index (χ1) is 8.15. The predicted molar refractivity (Wildman–Crippen MR) is 74.4 cm³/mol. The van der Waals surface area contributed by atoms with Crippen LogP contribution in [0.2, 0.25) is 5.02 Å². The number of anilines is 2. The molecule has 2 rings (SSSR count). The van der Waals surface area contributed by atoms with Gasteiger partial charge in [-0.05, 0) is 30.7 Å². The molecule has 0 aliphatic carbocycles. The van der Waals surface area contributed by atoms with Gasteiger partial charge in [-0.1, -0.05) is 41.4 Å². The minimum Gasteiger partial charge on any atom is -0.399 e. The molecule has 0 fully saturated rings. The SMILES string of the molecule is Cc1cccc(CNc2cc(N)ccc2Cl)c1. The second-order valence-corrected chi connectivity index (χ2v) is 4.49. The van der Waals surface area contributed by atoms with E-state index in [1.54, 1.807) is 12.1 Å². The van der Waals surface area contributed by atoms with Crippen molar-refractivity contribution >= 4 is 23.0 Å². The zero-order valence-corrected chi connectivity index (χ0v) is 10.5. The molecule has 3 N–H and O–H groups in total. The third-order valence-corrected chi connectivity index (χ3v) is 2.89. The number of aryl methyl sites for hydroxylation is 1. The summed E-state index contributed by atoms with van der Waals surface area (Å²) in [4.78, 5) is 0. The molecular formula is C14H15ClN2. The largest absolute Gasteiger partial charge is 0.399 e. The lowest BCUT2D eigenvalue weighted by Crippen LogP contribution is -2.00. The van der Waals surface area contributed by atoms with Crippen molar-refractivity contribution in [1.82, 2.24) is 0 Å². The molecule has 0 amide bonds. The minimum absolute atomic E-state index is 0.687. The van der Waals surface area contributed by atoms with Crippen LogP contribution in [0.5, 0.6) is 0 Å². The highest BCUT2D eigenvalue weighted by Crippen LogP contribution is 2.24. The number of hydrogen-bond acceptors (Lipinski definition) is 2. The van der Waals surface area contributed by atoms with Crippen molar-refractivity contribution in [2.75, 3.05) is 11.1 Å². The lowest BCUT2D eigenvalue weighted by atomic mass is 10.1. The van der Waals surface area contributed by atoms with Crippen molar-refractivity contribution < 1.29 is 0 Å². The van der Waals surface area contributed by atoms with Gasteiger partial charge in [0.25, 0.3) is 0 Å². The van der Waals surface area contributed by atoms with Crippen LogP contribution in [0, 0.1) is 6.92 Å². The normalized spacial score (nSPS) is 10.2. The Morgan fingerprint density at radius 1 is 1.18 bits per heavy atom. The number of hydrogen-bond donors (Lipinski definition) is 2. The summed E-state index contributed by atoms with van der Waals surface area (Å²) in [6.45, 7) is 2.82. The summed E-state index contributed by atoms with van der Waals surface area (Å²) in [6, 6.07) is 13.8. The summed E-state index contributed by atoms with van der Waals surface area (Å²) in [5.41, 5.74) is 9.78. The topological polar surface area (TPSA) is 38.0 Å².